The normalized spacial score (nSPS) is 14.9. The van der Waals surface area contributed by atoms with Crippen molar-refractivity contribution in [1.82, 2.24) is 15.5 Å². The van der Waals surface area contributed by atoms with Crippen LogP contribution in [0.5, 0.6) is 0 Å². The van der Waals surface area contributed by atoms with E-state index < -0.39 is 0 Å². The Morgan fingerprint density at radius 1 is 1.04 bits per heavy atom. The zero-order valence-electron chi connectivity index (χ0n) is 15.7. The average molecular weight is 386 g/mol. The predicted molar refractivity (Wildman–Crippen MR) is 113 cm³/mol. The highest BCUT2D eigenvalue weighted by molar-refractivity contribution is 7.12. The van der Waals surface area contributed by atoms with Crippen LogP contribution in [0.4, 0.5) is 5.69 Å². The van der Waals surface area contributed by atoms with Crippen LogP contribution >= 0.6 is 11.3 Å². The van der Waals surface area contributed by atoms with Crippen molar-refractivity contribution in [2.75, 3.05) is 51.2 Å². The first-order chi connectivity index (χ1) is 13.3. The molecule has 7 heteroatoms. The number of amides is 1. The molecule has 0 radical (unpaired) electrons. The van der Waals surface area contributed by atoms with Crippen LogP contribution in [0.3, 0.4) is 0 Å². The van der Waals surface area contributed by atoms with Crippen LogP contribution in [-0.2, 0) is 0 Å². The molecule has 3 rings (SSSR count). The molecule has 144 valence electrons. The van der Waals surface area contributed by atoms with Crippen LogP contribution in [0, 0.1) is 0 Å². The number of nitrogens with zero attached hydrogens (tertiary/aromatic N) is 3. The lowest BCUT2D eigenvalue weighted by molar-refractivity contribution is 0.0957. The Morgan fingerprint density at radius 2 is 1.78 bits per heavy atom. The van der Waals surface area contributed by atoms with Crippen molar-refractivity contribution < 1.29 is 4.79 Å². The second kappa shape index (κ2) is 9.97. The Labute approximate surface area is 164 Å². The van der Waals surface area contributed by atoms with Gasteiger partial charge in [-0.1, -0.05) is 24.3 Å². The smallest absolute Gasteiger partial charge is 0.261 e. The van der Waals surface area contributed by atoms with E-state index in [4.69, 9.17) is 0 Å². The molecule has 1 aromatic carbocycles. The van der Waals surface area contributed by atoms with Gasteiger partial charge in [0.05, 0.1) is 4.88 Å². The van der Waals surface area contributed by atoms with Crippen molar-refractivity contribution >= 4 is 28.9 Å². The number of carbonyl (C=O) groups excluding carboxylic acids is 1. The fraction of sp³-hybridized carbons (Fsp3) is 0.400. The number of carbonyl (C=O) groups is 1. The van der Waals surface area contributed by atoms with Crippen LogP contribution in [0.15, 0.2) is 52.8 Å². The Kier molecular flexibility index (Phi) is 7.10. The van der Waals surface area contributed by atoms with Gasteiger partial charge in [-0.2, -0.15) is 0 Å². The number of hydrogen-bond acceptors (Lipinski definition) is 4. The third-order valence-corrected chi connectivity index (χ3v) is 5.45. The first-order valence-corrected chi connectivity index (χ1v) is 10.2. The van der Waals surface area contributed by atoms with E-state index in [0.29, 0.717) is 6.54 Å². The molecule has 0 atom stereocenters. The SMILES string of the molecule is CN=C(NCCCNC(=O)c1cccs1)N1CCN(c2ccccc2)CC1. The third-order valence-electron chi connectivity index (χ3n) is 4.58. The minimum Gasteiger partial charge on any atom is -0.368 e. The summed E-state index contributed by atoms with van der Waals surface area (Å²) in [5, 5.41) is 8.28. The molecular weight excluding hydrogens is 358 g/mol. The van der Waals surface area contributed by atoms with Crippen molar-refractivity contribution in [2.24, 2.45) is 4.99 Å². The number of aliphatic imine (C=N–C) groups is 1. The number of benzene rings is 1. The highest BCUT2D eigenvalue weighted by Gasteiger charge is 2.19. The molecule has 0 saturated carbocycles. The zero-order chi connectivity index (χ0) is 18.9. The molecule has 1 fully saturated rings. The molecule has 6 nitrogen and oxygen atoms in total. The van der Waals surface area contributed by atoms with E-state index >= 15 is 0 Å². The minimum absolute atomic E-state index is 0.00594. The maximum absolute atomic E-state index is 11.9. The van der Waals surface area contributed by atoms with Gasteiger partial charge in [-0.15, -0.1) is 11.3 Å². The summed E-state index contributed by atoms with van der Waals surface area (Å²) >= 11 is 1.46. The van der Waals surface area contributed by atoms with Crippen LogP contribution in [0.1, 0.15) is 16.1 Å². The molecule has 0 aliphatic carbocycles. The van der Waals surface area contributed by atoms with Crippen LogP contribution in [0.2, 0.25) is 0 Å². The lowest BCUT2D eigenvalue weighted by atomic mass is 10.2. The molecule has 1 aliphatic rings. The summed E-state index contributed by atoms with van der Waals surface area (Å²) in [5.41, 5.74) is 1.28. The van der Waals surface area contributed by atoms with Crippen molar-refractivity contribution in [3.05, 3.63) is 52.7 Å². The second-order valence-electron chi connectivity index (χ2n) is 6.37. The minimum atomic E-state index is 0.00594. The largest absolute Gasteiger partial charge is 0.368 e. The average Bonchev–Trinajstić information content (AvgIpc) is 3.26. The van der Waals surface area contributed by atoms with E-state index in [0.717, 1.165) is 50.0 Å². The van der Waals surface area contributed by atoms with Crippen LogP contribution < -0.4 is 15.5 Å². The van der Waals surface area contributed by atoms with Gasteiger partial charge >= 0.3 is 0 Å². The van der Waals surface area contributed by atoms with Gasteiger partial charge in [-0.05, 0) is 30.0 Å². The Bertz CT molecular complexity index is 724. The summed E-state index contributed by atoms with van der Waals surface area (Å²) in [6.45, 7) is 5.31. The van der Waals surface area contributed by atoms with Crippen LogP contribution in [-0.4, -0.2) is 63.1 Å². The molecule has 2 aromatic rings. The third kappa shape index (κ3) is 5.47. The number of thiophene rings is 1. The molecule has 27 heavy (non-hydrogen) atoms. The summed E-state index contributed by atoms with van der Waals surface area (Å²) in [5.74, 6) is 0.943. The van der Waals surface area contributed by atoms with E-state index in [-0.39, 0.29) is 5.91 Å². The van der Waals surface area contributed by atoms with Gasteiger partial charge in [-0.3, -0.25) is 9.79 Å². The number of rotatable bonds is 6. The second-order valence-corrected chi connectivity index (χ2v) is 7.32. The summed E-state index contributed by atoms with van der Waals surface area (Å²) in [4.78, 5) is 21.8. The first kappa shape index (κ1) is 19.2. The maximum Gasteiger partial charge on any atom is 0.261 e. The maximum atomic E-state index is 11.9. The molecule has 1 aromatic heterocycles. The molecular formula is C20H27N5OS. The van der Waals surface area contributed by atoms with Crippen molar-refractivity contribution in [3.63, 3.8) is 0 Å². The monoisotopic (exact) mass is 385 g/mol. The summed E-state index contributed by atoms with van der Waals surface area (Å²) in [6, 6.07) is 14.3. The van der Waals surface area contributed by atoms with Crippen LogP contribution in [0.25, 0.3) is 0 Å². The number of guanidine groups is 1. The van der Waals surface area contributed by atoms with Gasteiger partial charge in [0.2, 0.25) is 0 Å². The number of anilines is 1. The van der Waals surface area contributed by atoms with E-state index in [9.17, 15) is 4.79 Å². The van der Waals surface area contributed by atoms with Gasteiger partial charge in [0.15, 0.2) is 5.96 Å². The molecule has 0 bridgehead atoms. The van der Waals surface area contributed by atoms with Gasteiger partial charge in [0, 0.05) is 52.0 Å². The van der Waals surface area contributed by atoms with E-state index in [1.54, 1.807) is 0 Å². The summed E-state index contributed by atoms with van der Waals surface area (Å²) < 4.78 is 0. The Morgan fingerprint density at radius 3 is 2.44 bits per heavy atom. The molecule has 0 unspecified atom stereocenters. The van der Waals surface area contributed by atoms with Crippen molar-refractivity contribution in [3.8, 4) is 0 Å². The molecule has 2 heterocycles. The zero-order valence-corrected chi connectivity index (χ0v) is 16.5. The molecule has 2 N–H and O–H groups in total. The lowest BCUT2D eigenvalue weighted by Crippen LogP contribution is -2.52. The van der Waals surface area contributed by atoms with Gasteiger partial charge in [-0.25, -0.2) is 0 Å². The number of para-hydroxylation sites is 1. The number of piperazine rings is 1. The fourth-order valence-electron chi connectivity index (χ4n) is 3.13. The van der Waals surface area contributed by atoms with Gasteiger partial charge in [0.25, 0.3) is 5.91 Å². The highest BCUT2D eigenvalue weighted by Crippen LogP contribution is 2.15. The highest BCUT2D eigenvalue weighted by atomic mass is 32.1. The van der Waals surface area contributed by atoms with Crippen molar-refractivity contribution in [2.45, 2.75) is 6.42 Å². The topological polar surface area (TPSA) is 60.0 Å². The Balaban J connectivity index is 1.35. The number of nitrogens with one attached hydrogen (secondary N) is 2. The fourth-order valence-corrected chi connectivity index (χ4v) is 3.77. The van der Waals surface area contributed by atoms with Gasteiger partial charge < -0.3 is 20.4 Å². The standard InChI is InChI=1S/C20H27N5OS/c1-21-20(23-11-6-10-22-19(26)18-9-5-16-27-18)25-14-12-24(13-15-25)17-7-3-2-4-8-17/h2-5,7-9,16H,6,10-15H2,1H3,(H,21,23)(H,22,26). The first-order valence-electron chi connectivity index (χ1n) is 9.35. The molecule has 0 spiro atoms. The molecule has 1 amide bonds. The van der Waals surface area contributed by atoms with E-state index in [1.807, 2.05) is 30.6 Å². The number of hydrogen-bond donors (Lipinski definition) is 2. The van der Waals surface area contributed by atoms with Gasteiger partial charge in [0.1, 0.15) is 0 Å². The molecule has 1 saturated heterocycles. The Hall–Kier alpha value is -2.54. The molecule has 1 aliphatic heterocycles. The lowest BCUT2D eigenvalue weighted by Gasteiger charge is -2.37. The summed E-state index contributed by atoms with van der Waals surface area (Å²) in [7, 11) is 1.82. The van der Waals surface area contributed by atoms with Crippen molar-refractivity contribution in [1.29, 1.82) is 0 Å². The predicted octanol–water partition coefficient (Wildman–Crippen LogP) is 2.27. The van der Waals surface area contributed by atoms with E-state index in [1.165, 1.54) is 17.0 Å². The quantitative estimate of drug-likeness (QED) is 0.455. The van der Waals surface area contributed by atoms with E-state index in [2.05, 4.69) is 49.7 Å². The summed E-state index contributed by atoms with van der Waals surface area (Å²) in [6.07, 6.45) is 0.861.